The normalized spacial score (nSPS) is 30.4. The van der Waals surface area contributed by atoms with Crippen molar-refractivity contribution < 1.29 is 23.9 Å². The summed E-state index contributed by atoms with van der Waals surface area (Å²) in [5.41, 5.74) is 1.69. The molecule has 1 amide bonds. The summed E-state index contributed by atoms with van der Waals surface area (Å²) >= 11 is 0. The number of carbonyl (C=O) groups excluding carboxylic acids is 3. The van der Waals surface area contributed by atoms with Gasteiger partial charge in [0.15, 0.2) is 6.61 Å². The lowest BCUT2D eigenvalue weighted by Crippen LogP contribution is -2.64. The van der Waals surface area contributed by atoms with Crippen molar-refractivity contribution in [2.75, 3.05) is 20.3 Å². The molecule has 1 N–H and O–H groups in total. The molecule has 32 heavy (non-hydrogen) atoms. The van der Waals surface area contributed by atoms with Crippen LogP contribution in [0.25, 0.3) is 0 Å². The maximum absolute atomic E-state index is 13.3. The molecule has 1 heterocycles. The molecule has 4 aliphatic rings. The number of rotatable bonds is 9. The van der Waals surface area contributed by atoms with Crippen molar-refractivity contribution in [3.8, 4) is 0 Å². The first-order chi connectivity index (χ1) is 15.2. The molecule has 0 aromatic carbocycles. The zero-order valence-corrected chi connectivity index (χ0v) is 19.8. The third-order valence-electron chi connectivity index (χ3n) is 7.87. The van der Waals surface area contributed by atoms with Gasteiger partial charge in [0, 0.05) is 49.7 Å². The highest BCUT2D eigenvalue weighted by Crippen LogP contribution is 2.62. The van der Waals surface area contributed by atoms with Gasteiger partial charge in [0.25, 0.3) is 0 Å². The number of esters is 1. The molecule has 4 aliphatic carbocycles. The molecule has 4 fully saturated rings. The van der Waals surface area contributed by atoms with E-state index < -0.39 is 5.41 Å². The standard InChI is InChI=1S/C25H36N2O5/c1-16-8-21(17(2)27(16)6-5-7-31-4)22(29)14-32-23(30)24-10-19-9-20(11-24)13-25(12-19,15-24)26-18(3)28/h8,19-20H,5-7,9-15H2,1-4H3,(H,26,28). The van der Waals surface area contributed by atoms with E-state index in [1.807, 2.05) is 19.9 Å². The van der Waals surface area contributed by atoms with Crippen molar-refractivity contribution in [2.45, 2.75) is 77.8 Å². The smallest absolute Gasteiger partial charge is 0.312 e. The van der Waals surface area contributed by atoms with Crippen molar-refractivity contribution in [1.82, 2.24) is 9.88 Å². The fourth-order valence-electron chi connectivity index (χ4n) is 7.18. The summed E-state index contributed by atoms with van der Waals surface area (Å²) in [4.78, 5) is 38.1. The monoisotopic (exact) mass is 444 g/mol. The first-order valence-electron chi connectivity index (χ1n) is 11.8. The van der Waals surface area contributed by atoms with Gasteiger partial charge in [0.1, 0.15) is 0 Å². The van der Waals surface area contributed by atoms with Crippen LogP contribution in [0.1, 0.15) is 73.6 Å². The minimum Gasteiger partial charge on any atom is -0.457 e. The fraction of sp³-hybridized carbons (Fsp3) is 0.720. The van der Waals surface area contributed by atoms with E-state index in [0.717, 1.165) is 56.5 Å². The number of ketones is 1. The second kappa shape index (κ2) is 8.65. The van der Waals surface area contributed by atoms with Gasteiger partial charge in [-0.2, -0.15) is 0 Å². The van der Waals surface area contributed by atoms with Gasteiger partial charge in [-0.05, 0) is 76.7 Å². The molecule has 2 atom stereocenters. The first kappa shape index (κ1) is 23.0. The van der Waals surface area contributed by atoms with Crippen LogP contribution < -0.4 is 5.32 Å². The Morgan fingerprint density at radius 2 is 1.84 bits per heavy atom. The molecule has 0 saturated heterocycles. The van der Waals surface area contributed by atoms with E-state index in [4.69, 9.17) is 9.47 Å². The number of methoxy groups -OCH3 is 1. The van der Waals surface area contributed by atoms with E-state index in [1.165, 1.54) is 0 Å². The number of nitrogens with one attached hydrogen (secondary N) is 1. The number of Topliss-reactive ketones (excluding diaryl/α,β-unsaturated/α-hetero) is 1. The van der Waals surface area contributed by atoms with Crippen LogP contribution in [0.3, 0.4) is 0 Å². The Kier molecular flexibility index (Phi) is 6.23. The molecule has 4 bridgehead atoms. The Morgan fingerprint density at radius 1 is 1.16 bits per heavy atom. The number of hydrogen-bond acceptors (Lipinski definition) is 5. The van der Waals surface area contributed by atoms with Crippen molar-refractivity contribution in [3.05, 3.63) is 23.0 Å². The molecule has 7 heteroatoms. The SMILES string of the molecule is COCCCn1c(C)cc(C(=O)COC(=O)C23CC4CC(CC(NC(C)=O)(C4)C2)C3)c1C. The predicted octanol–water partition coefficient (Wildman–Crippen LogP) is 3.34. The van der Waals surface area contributed by atoms with Crippen molar-refractivity contribution in [2.24, 2.45) is 17.3 Å². The number of amides is 1. The summed E-state index contributed by atoms with van der Waals surface area (Å²) in [5.74, 6) is 0.426. The molecule has 0 spiro atoms. The molecule has 0 aliphatic heterocycles. The highest BCUT2D eigenvalue weighted by atomic mass is 16.5. The van der Waals surface area contributed by atoms with Gasteiger partial charge in [-0.25, -0.2) is 0 Å². The zero-order valence-electron chi connectivity index (χ0n) is 19.8. The topological polar surface area (TPSA) is 86.6 Å². The minimum absolute atomic E-state index is 0.0356. The number of carbonyl (C=O) groups is 3. The molecule has 7 nitrogen and oxygen atoms in total. The summed E-state index contributed by atoms with van der Waals surface area (Å²) in [7, 11) is 1.68. The number of aromatic nitrogens is 1. The Labute approximate surface area is 190 Å². The second-order valence-corrected chi connectivity index (χ2v) is 10.5. The van der Waals surface area contributed by atoms with E-state index in [1.54, 1.807) is 14.0 Å². The Balaban J connectivity index is 1.42. The summed E-state index contributed by atoms with van der Waals surface area (Å²) < 4.78 is 12.9. The Hall–Kier alpha value is -2.15. The average molecular weight is 445 g/mol. The van der Waals surface area contributed by atoms with Crippen LogP contribution in [-0.2, 0) is 25.6 Å². The first-order valence-corrected chi connectivity index (χ1v) is 11.8. The van der Waals surface area contributed by atoms with Gasteiger partial charge in [-0.3, -0.25) is 14.4 Å². The van der Waals surface area contributed by atoms with Crippen LogP contribution >= 0.6 is 0 Å². The zero-order chi connectivity index (χ0) is 23.1. The summed E-state index contributed by atoms with van der Waals surface area (Å²) in [6.45, 7) is 6.70. The van der Waals surface area contributed by atoms with Crippen LogP contribution in [0, 0.1) is 31.1 Å². The second-order valence-electron chi connectivity index (χ2n) is 10.5. The molecular formula is C25H36N2O5. The van der Waals surface area contributed by atoms with E-state index in [-0.39, 0.29) is 29.8 Å². The van der Waals surface area contributed by atoms with Crippen LogP contribution in [0.15, 0.2) is 6.07 Å². The van der Waals surface area contributed by atoms with Gasteiger partial charge in [0.2, 0.25) is 11.7 Å². The molecule has 1 aromatic heterocycles. The van der Waals surface area contributed by atoms with E-state index in [9.17, 15) is 14.4 Å². The van der Waals surface area contributed by atoms with Crippen LogP contribution in [0.2, 0.25) is 0 Å². The van der Waals surface area contributed by atoms with E-state index in [2.05, 4.69) is 9.88 Å². The number of aryl methyl sites for hydroxylation is 1. The van der Waals surface area contributed by atoms with Crippen molar-refractivity contribution >= 4 is 17.7 Å². The van der Waals surface area contributed by atoms with Gasteiger partial charge in [0.05, 0.1) is 5.41 Å². The van der Waals surface area contributed by atoms with Gasteiger partial charge < -0.3 is 19.4 Å². The lowest BCUT2D eigenvalue weighted by Gasteiger charge is -2.60. The third kappa shape index (κ3) is 4.24. The molecule has 2 unspecified atom stereocenters. The maximum Gasteiger partial charge on any atom is 0.312 e. The molecule has 4 saturated carbocycles. The highest BCUT2D eigenvalue weighted by molar-refractivity contribution is 5.99. The fourth-order valence-corrected chi connectivity index (χ4v) is 7.18. The third-order valence-corrected chi connectivity index (χ3v) is 7.87. The van der Waals surface area contributed by atoms with E-state index in [0.29, 0.717) is 30.4 Å². The van der Waals surface area contributed by atoms with Crippen LogP contribution in [0.4, 0.5) is 0 Å². The maximum atomic E-state index is 13.3. The van der Waals surface area contributed by atoms with Gasteiger partial charge in [-0.1, -0.05) is 0 Å². The quantitative estimate of drug-likeness (QED) is 0.359. The molecule has 1 aromatic rings. The lowest BCUT2D eigenvalue weighted by atomic mass is 9.47. The van der Waals surface area contributed by atoms with E-state index >= 15 is 0 Å². The van der Waals surface area contributed by atoms with Gasteiger partial charge >= 0.3 is 5.97 Å². The number of ether oxygens (including phenoxy) is 2. The lowest BCUT2D eigenvalue weighted by molar-refractivity contribution is -0.174. The largest absolute Gasteiger partial charge is 0.457 e. The Morgan fingerprint density at radius 3 is 2.47 bits per heavy atom. The van der Waals surface area contributed by atoms with Crippen molar-refractivity contribution in [3.63, 3.8) is 0 Å². The van der Waals surface area contributed by atoms with Gasteiger partial charge in [-0.15, -0.1) is 0 Å². The Bertz CT molecular complexity index is 904. The summed E-state index contributed by atoms with van der Waals surface area (Å²) in [5, 5.41) is 3.17. The molecular weight excluding hydrogens is 408 g/mol. The summed E-state index contributed by atoms with van der Waals surface area (Å²) in [6.07, 6.45) is 6.16. The number of nitrogens with zero attached hydrogens (tertiary/aromatic N) is 1. The van der Waals surface area contributed by atoms with Crippen LogP contribution in [-0.4, -0.2) is 48.1 Å². The highest BCUT2D eigenvalue weighted by Gasteiger charge is 2.61. The average Bonchev–Trinajstić information content (AvgIpc) is 2.98. The van der Waals surface area contributed by atoms with Crippen molar-refractivity contribution in [1.29, 1.82) is 0 Å². The minimum atomic E-state index is -0.566. The predicted molar refractivity (Wildman–Crippen MR) is 119 cm³/mol. The molecule has 176 valence electrons. The molecule has 5 rings (SSSR count). The molecule has 0 radical (unpaired) electrons. The summed E-state index contributed by atoms with van der Waals surface area (Å²) in [6, 6.07) is 1.88. The van der Waals surface area contributed by atoms with Crippen LogP contribution in [0.5, 0.6) is 0 Å². The number of hydrogen-bond donors (Lipinski definition) is 1.